The van der Waals surface area contributed by atoms with Crippen LogP contribution in [0.15, 0.2) is 71.1 Å². The molecule has 1 amide bonds. The maximum atomic E-state index is 12.5. The minimum atomic E-state index is -0.795. The highest BCUT2D eigenvalue weighted by Gasteiger charge is 2.20. The number of nitro groups is 2. The van der Waals surface area contributed by atoms with Crippen molar-refractivity contribution in [1.82, 2.24) is 4.98 Å². The van der Waals surface area contributed by atoms with Gasteiger partial charge in [-0.25, -0.2) is 4.98 Å². The molecule has 30 heavy (non-hydrogen) atoms. The van der Waals surface area contributed by atoms with E-state index in [1.165, 1.54) is 0 Å². The van der Waals surface area contributed by atoms with Crippen LogP contribution in [0.4, 0.5) is 17.1 Å². The zero-order chi connectivity index (χ0) is 21.3. The third-order valence-electron chi connectivity index (χ3n) is 4.25. The number of anilines is 1. The van der Waals surface area contributed by atoms with Gasteiger partial charge in [-0.3, -0.25) is 25.0 Å². The van der Waals surface area contributed by atoms with Crippen LogP contribution in [0, 0.1) is 20.2 Å². The van der Waals surface area contributed by atoms with E-state index < -0.39 is 27.1 Å². The molecule has 148 valence electrons. The van der Waals surface area contributed by atoms with Gasteiger partial charge in [0.05, 0.1) is 21.5 Å². The molecule has 0 spiro atoms. The lowest BCUT2D eigenvalue weighted by Crippen LogP contribution is -2.12. The minimum absolute atomic E-state index is 0.207. The van der Waals surface area contributed by atoms with E-state index in [0.717, 1.165) is 23.8 Å². The third-order valence-corrected chi connectivity index (χ3v) is 4.25. The van der Waals surface area contributed by atoms with Crippen molar-refractivity contribution in [2.45, 2.75) is 0 Å². The van der Waals surface area contributed by atoms with Gasteiger partial charge in [0.25, 0.3) is 17.3 Å². The first-order valence-electron chi connectivity index (χ1n) is 8.62. The Hall–Kier alpha value is -4.60. The molecule has 4 aromatic rings. The molecule has 0 radical (unpaired) electrons. The van der Waals surface area contributed by atoms with Crippen LogP contribution in [-0.4, -0.2) is 20.7 Å². The van der Waals surface area contributed by atoms with Gasteiger partial charge in [-0.15, -0.1) is 0 Å². The molecular weight excluding hydrogens is 392 g/mol. The van der Waals surface area contributed by atoms with Crippen LogP contribution in [0.1, 0.15) is 10.4 Å². The van der Waals surface area contributed by atoms with E-state index in [4.69, 9.17) is 4.42 Å². The summed E-state index contributed by atoms with van der Waals surface area (Å²) < 4.78 is 5.71. The normalized spacial score (nSPS) is 10.7. The Morgan fingerprint density at radius 3 is 2.20 bits per heavy atom. The molecule has 0 atom stereocenters. The summed E-state index contributed by atoms with van der Waals surface area (Å²) in [6.07, 6.45) is 0. The topological polar surface area (TPSA) is 141 Å². The predicted octanol–water partition coefficient (Wildman–Crippen LogP) is 4.56. The van der Waals surface area contributed by atoms with Crippen molar-refractivity contribution in [3.8, 4) is 11.5 Å². The molecule has 1 heterocycles. The highest BCUT2D eigenvalue weighted by molar-refractivity contribution is 6.05. The standard InChI is InChI=1S/C20H12N4O6/c25-19(13-8-15(23(26)27)11-16(9-13)24(28)29)21-14-6-7-18-17(10-14)22-20(30-18)12-4-2-1-3-5-12/h1-11H,(H,21,25). The monoisotopic (exact) mass is 404 g/mol. The van der Waals surface area contributed by atoms with Crippen LogP contribution in [0.5, 0.6) is 0 Å². The number of hydrogen-bond donors (Lipinski definition) is 1. The highest BCUT2D eigenvalue weighted by atomic mass is 16.6. The summed E-state index contributed by atoms with van der Waals surface area (Å²) in [4.78, 5) is 37.4. The van der Waals surface area contributed by atoms with E-state index >= 15 is 0 Å². The number of benzene rings is 3. The molecule has 0 unspecified atom stereocenters. The van der Waals surface area contributed by atoms with Gasteiger partial charge < -0.3 is 9.73 Å². The van der Waals surface area contributed by atoms with Crippen molar-refractivity contribution in [2.24, 2.45) is 0 Å². The highest BCUT2D eigenvalue weighted by Crippen LogP contribution is 2.27. The van der Waals surface area contributed by atoms with Gasteiger partial charge in [0.15, 0.2) is 5.58 Å². The fraction of sp³-hybridized carbons (Fsp3) is 0. The fourth-order valence-corrected chi connectivity index (χ4v) is 2.85. The summed E-state index contributed by atoms with van der Waals surface area (Å²) in [5.74, 6) is -0.309. The Kier molecular flexibility index (Phi) is 4.64. The smallest absolute Gasteiger partial charge is 0.277 e. The molecule has 0 aliphatic rings. The third kappa shape index (κ3) is 3.69. The van der Waals surface area contributed by atoms with E-state index in [1.54, 1.807) is 18.2 Å². The molecule has 0 saturated carbocycles. The summed E-state index contributed by atoms with van der Waals surface area (Å²) in [5.41, 5.74) is 0.857. The van der Waals surface area contributed by atoms with Crippen LogP contribution in [0.3, 0.4) is 0 Å². The zero-order valence-corrected chi connectivity index (χ0v) is 15.1. The predicted molar refractivity (Wildman–Crippen MR) is 107 cm³/mol. The Morgan fingerprint density at radius 2 is 1.57 bits per heavy atom. The van der Waals surface area contributed by atoms with Crippen LogP contribution in [0.2, 0.25) is 0 Å². The van der Waals surface area contributed by atoms with Gasteiger partial charge in [-0.1, -0.05) is 18.2 Å². The fourth-order valence-electron chi connectivity index (χ4n) is 2.85. The number of hydrogen-bond acceptors (Lipinski definition) is 7. The Balaban J connectivity index is 1.63. The summed E-state index contributed by atoms with van der Waals surface area (Å²) in [6, 6.07) is 16.8. The van der Waals surface area contributed by atoms with Gasteiger partial charge in [-0.2, -0.15) is 0 Å². The van der Waals surface area contributed by atoms with Crippen molar-refractivity contribution in [3.05, 3.63) is 92.5 Å². The molecule has 0 aliphatic heterocycles. The lowest BCUT2D eigenvalue weighted by Gasteiger charge is -2.05. The van der Waals surface area contributed by atoms with Gasteiger partial charge >= 0.3 is 0 Å². The first-order chi connectivity index (χ1) is 14.4. The van der Waals surface area contributed by atoms with Gasteiger partial charge in [-0.05, 0) is 30.3 Å². The maximum Gasteiger partial charge on any atom is 0.277 e. The van der Waals surface area contributed by atoms with Crippen molar-refractivity contribution in [2.75, 3.05) is 5.32 Å². The molecule has 0 saturated heterocycles. The molecule has 10 nitrogen and oxygen atoms in total. The van der Waals surface area contributed by atoms with E-state index in [1.807, 2.05) is 30.3 Å². The molecule has 10 heteroatoms. The van der Waals surface area contributed by atoms with Crippen molar-refractivity contribution >= 4 is 34.1 Å². The molecular formula is C20H12N4O6. The lowest BCUT2D eigenvalue weighted by atomic mass is 10.1. The number of nitrogens with zero attached hydrogens (tertiary/aromatic N) is 3. The number of non-ortho nitro benzene ring substituents is 2. The molecule has 1 aromatic heterocycles. The number of amides is 1. The van der Waals surface area contributed by atoms with E-state index in [-0.39, 0.29) is 5.56 Å². The number of carbonyl (C=O) groups excluding carboxylic acids is 1. The second kappa shape index (κ2) is 7.43. The van der Waals surface area contributed by atoms with Crippen LogP contribution < -0.4 is 5.32 Å². The second-order valence-corrected chi connectivity index (χ2v) is 6.27. The number of nitro benzene ring substituents is 2. The second-order valence-electron chi connectivity index (χ2n) is 6.27. The van der Waals surface area contributed by atoms with Gasteiger partial charge in [0, 0.05) is 23.4 Å². The summed E-state index contributed by atoms with van der Waals surface area (Å²) in [7, 11) is 0. The molecule has 3 aromatic carbocycles. The first kappa shape index (κ1) is 18.7. The molecule has 1 N–H and O–H groups in total. The van der Waals surface area contributed by atoms with Gasteiger partial charge in [0.2, 0.25) is 5.89 Å². The zero-order valence-electron chi connectivity index (χ0n) is 15.1. The number of aromatic nitrogens is 1. The maximum absolute atomic E-state index is 12.5. The number of fused-ring (bicyclic) bond motifs is 1. The van der Waals surface area contributed by atoms with E-state index in [0.29, 0.717) is 22.7 Å². The Morgan fingerprint density at radius 1 is 0.900 bits per heavy atom. The Bertz CT molecular complexity index is 1270. The van der Waals surface area contributed by atoms with Crippen LogP contribution in [-0.2, 0) is 0 Å². The van der Waals surface area contributed by atoms with Crippen molar-refractivity contribution in [1.29, 1.82) is 0 Å². The largest absolute Gasteiger partial charge is 0.436 e. The number of rotatable bonds is 5. The van der Waals surface area contributed by atoms with Crippen LogP contribution in [0.25, 0.3) is 22.6 Å². The van der Waals surface area contributed by atoms with Crippen molar-refractivity contribution in [3.63, 3.8) is 0 Å². The SMILES string of the molecule is O=C(Nc1ccc2oc(-c3ccccc3)nc2c1)c1cc([N+](=O)[O-])cc([N+](=O)[O-])c1. The van der Waals surface area contributed by atoms with Gasteiger partial charge in [0.1, 0.15) is 5.52 Å². The van der Waals surface area contributed by atoms with E-state index in [9.17, 15) is 25.0 Å². The first-order valence-corrected chi connectivity index (χ1v) is 8.62. The summed E-state index contributed by atoms with van der Waals surface area (Å²) in [6.45, 7) is 0. The van der Waals surface area contributed by atoms with Crippen molar-refractivity contribution < 1.29 is 19.1 Å². The number of carbonyl (C=O) groups is 1. The average Bonchev–Trinajstić information content (AvgIpc) is 3.17. The minimum Gasteiger partial charge on any atom is -0.436 e. The van der Waals surface area contributed by atoms with Crippen LogP contribution >= 0.6 is 0 Å². The Labute approximate surface area is 168 Å². The molecule has 0 fully saturated rings. The lowest BCUT2D eigenvalue weighted by molar-refractivity contribution is -0.394. The molecule has 4 rings (SSSR count). The molecule has 0 bridgehead atoms. The molecule has 0 aliphatic carbocycles. The number of nitrogens with one attached hydrogen (secondary N) is 1. The quantitative estimate of drug-likeness (QED) is 0.379. The van der Waals surface area contributed by atoms with E-state index in [2.05, 4.69) is 10.3 Å². The summed E-state index contributed by atoms with van der Waals surface area (Å²) >= 11 is 0. The summed E-state index contributed by atoms with van der Waals surface area (Å²) in [5, 5.41) is 24.6. The number of oxazole rings is 1. The average molecular weight is 404 g/mol.